The zero-order chi connectivity index (χ0) is 17.3. The first-order valence-corrected chi connectivity index (χ1v) is 9.64. The molecule has 3 rings (SSSR count). The van der Waals surface area contributed by atoms with Gasteiger partial charge in [-0.15, -0.1) is 12.4 Å². The van der Waals surface area contributed by atoms with Crippen molar-refractivity contribution in [2.75, 3.05) is 52.5 Å². The summed E-state index contributed by atoms with van der Waals surface area (Å²) in [6.45, 7) is 8.11. The average Bonchev–Trinajstić information content (AvgIpc) is 2.68. The predicted octanol–water partition coefficient (Wildman–Crippen LogP) is 2.16. The van der Waals surface area contributed by atoms with Crippen LogP contribution >= 0.6 is 12.4 Å². The fourth-order valence-corrected chi connectivity index (χ4v) is 3.70. The van der Waals surface area contributed by atoms with Gasteiger partial charge in [0.25, 0.3) is 0 Å². The summed E-state index contributed by atoms with van der Waals surface area (Å²) in [6.07, 6.45) is 2.89. The van der Waals surface area contributed by atoms with Gasteiger partial charge in [-0.3, -0.25) is 9.69 Å². The first kappa shape index (κ1) is 21.2. The molecule has 0 bridgehead atoms. The summed E-state index contributed by atoms with van der Waals surface area (Å²) in [5.41, 5.74) is 1.32. The number of nitrogens with zero attached hydrogens (tertiary/aromatic N) is 2. The van der Waals surface area contributed by atoms with Crippen LogP contribution in [-0.2, 0) is 16.1 Å². The molecule has 0 atom stereocenters. The van der Waals surface area contributed by atoms with Crippen molar-refractivity contribution in [1.82, 2.24) is 15.1 Å². The molecule has 0 radical (unpaired) electrons. The maximum Gasteiger partial charge on any atom is 0.223 e. The molecule has 0 saturated carbocycles. The zero-order valence-electron chi connectivity index (χ0n) is 15.6. The largest absolute Gasteiger partial charge is 0.381 e. The molecule has 0 aromatic heterocycles. The molecule has 0 spiro atoms. The number of piperazine rings is 1. The molecule has 1 aromatic carbocycles. The molecule has 2 fully saturated rings. The molecule has 2 heterocycles. The Bertz CT molecular complexity index is 517. The van der Waals surface area contributed by atoms with Crippen LogP contribution in [0.15, 0.2) is 30.3 Å². The lowest BCUT2D eigenvalue weighted by molar-refractivity contribution is -0.132. The number of carbonyl (C=O) groups excluding carboxylic acids is 1. The number of benzene rings is 1. The van der Waals surface area contributed by atoms with Crippen molar-refractivity contribution in [1.29, 1.82) is 0 Å². The van der Waals surface area contributed by atoms with E-state index in [0.717, 1.165) is 71.9 Å². The summed E-state index contributed by atoms with van der Waals surface area (Å²) >= 11 is 0. The summed E-state index contributed by atoms with van der Waals surface area (Å²) in [6, 6.07) is 10.6. The number of hydrogen-bond donors (Lipinski definition) is 1. The molecular weight excluding hydrogens is 350 g/mol. The third kappa shape index (κ3) is 6.88. The maximum atomic E-state index is 12.5. The van der Waals surface area contributed by atoms with E-state index in [4.69, 9.17) is 4.74 Å². The van der Waals surface area contributed by atoms with Crippen LogP contribution in [0.2, 0.25) is 0 Å². The van der Waals surface area contributed by atoms with Crippen molar-refractivity contribution in [2.45, 2.75) is 25.8 Å². The maximum absolute atomic E-state index is 12.5. The Hall–Kier alpha value is -1.14. The average molecular weight is 382 g/mol. The van der Waals surface area contributed by atoms with Crippen LogP contribution in [0.25, 0.3) is 0 Å². The van der Waals surface area contributed by atoms with Gasteiger partial charge >= 0.3 is 0 Å². The van der Waals surface area contributed by atoms with Crippen LogP contribution in [0.5, 0.6) is 0 Å². The molecule has 1 N–H and O–H groups in total. The Labute approximate surface area is 163 Å². The second-order valence-corrected chi connectivity index (χ2v) is 7.16. The topological polar surface area (TPSA) is 44.8 Å². The van der Waals surface area contributed by atoms with E-state index in [1.165, 1.54) is 5.56 Å². The molecule has 5 nitrogen and oxygen atoms in total. The number of hydrogen-bond acceptors (Lipinski definition) is 4. The molecular formula is C20H32ClN3O2. The van der Waals surface area contributed by atoms with Gasteiger partial charge in [0, 0.05) is 65.4 Å². The zero-order valence-corrected chi connectivity index (χ0v) is 16.4. The number of nitrogens with one attached hydrogen (secondary N) is 1. The van der Waals surface area contributed by atoms with Gasteiger partial charge in [-0.1, -0.05) is 30.3 Å². The summed E-state index contributed by atoms with van der Waals surface area (Å²) < 4.78 is 5.49. The molecule has 2 aliphatic heterocycles. The van der Waals surface area contributed by atoms with Gasteiger partial charge in [-0.05, 0) is 24.3 Å². The molecule has 2 saturated heterocycles. The number of ether oxygens (including phenoxy) is 1. The van der Waals surface area contributed by atoms with E-state index in [2.05, 4.69) is 40.5 Å². The van der Waals surface area contributed by atoms with E-state index in [1.54, 1.807) is 0 Å². The van der Waals surface area contributed by atoms with E-state index < -0.39 is 0 Å². The second kappa shape index (κ2) is 11.5. The third-order valence-electron chi connectivity index (χ3n) is 5.22. The minimum absolute atomic E-state index is 0. The number of rotatable bonds is 7. The van der Waals surface area contributed by atoms with Crippen LogP contribution < -0.4 is 5.32 Å². The van der Waals surface area contributed by atoms with Crippen molar-refractivity contribution in [2.24, 2.45) is 5.92 Å². The number of halogens is 1. The lowest BCUT2D eigenvalue weighted by atomic mass is 9.99. The summed E-state index contributed by atoms with van der Waals surface area (Å²) in [4.78, 5) is 17.0. The lowest BCUT2D eigenvalue weighted by Crippen LogP contribution is -2.47. The standard InChI is InChI=1S/C20H31N3O2.ClH/c24-20(23-12-9-21-10-13-23)6-11-22(16-18-4-2-1-3-5-18)17-19-7-14-25-15-8-19;/h1-5,19,21H,6-17H2;1H. The molecule has 0 unspecified atom stereocenters. The lowest BCUT2D eigenvalue weighted by Gasteiger charge is -2.31. The van der Waals surface area contributed by atoms with Crippen molar-refractivity contribution in [3.05, 3.63) is 35.9 Å². The first-order valence-electron chi connectivity index (χ1n) is 9.64. The Morgan fingerprint density at radius 3 is 2.54 bits per heavy atom. The van der Waals surface area contributed by atoms with Crippen LogP contribution in [0.1, 0.15) is 24.8 Å². The Morgan fingerprint density at radius 2 is 1.85 bits per heavy atom. The highest BCUT2D eigenvalue weighted by Crippen LogP contribution is 2.18. The van der Waals surface area contributed by atoms with E-state index in [-0.39, 0.29) is 12.4 Å². The van der Waals surface area contributed by atoms with Gasteiger partial charge in [0.05, 0.1) is 0 Å². The quantitative estimate of drug-likeness (QED) is 0.786. The highest BCUT2D eigenvalue weighted by Gasteiger charge is 2.20. The van der Waals surface area contributed by atoms with E-state index in [9.17, 15) is 4.79 Å². The van der Waals surface area contributed by atoms with Gasteiger partial charge in [-0.25, -0.2) is 0 Å². The van der Waals surface area contributed by atoms with Crippen LogP contribution in [-0.4, -0.2) is 68.2 Å². The molecule has 146 valence electrons. The Morgan fingerprint density at radius 1 is 1.15 bits per heavy atom. The van der Waals surface area contributed by atoms with E-state index >= 15 is 0 Å². The van der Waals surface area contributed by atoms with Crippen LogP contribution in [0.3, 0.4) is 0 Å². The SMILES string of the molecule is Cl.O=C(CCN(Cc1ccccc1)CC1CCOCC1)N1CCNCC1. The summed E-state index contributed by atoms with van der Waals surface area (Å²) in [5.74, 6) is 0.985. The number of amides is 1. The molecule has 26 heavy (non-hydrogen) atoms. The van der Waals surface area contributed by atoms with Gasteiger partial charge in [0.15, 0.2) is 0 Å². The van der Waals surface area contributed by atoms with Crippen molar-refractivity contribution >= 4 is 18.3 Å². The Kier molecular flexibility index (Phi) is 9.40. The smallest absolute Gasteiger partial charge is 0.223 e. The van der Waals surface area contributed by atoms with Gasteiger partial charge < -0.3 is 15.0 Å². The summed E-state index contributed by atoms with van der Waals surface area (Å²) in [7, 11) is 0. The molecule has 0 aliphatic carbocycles. The summed E-state index contributed by atoms with van der Waals surface area (Å²) in [5, 5.41) is 3.31. The normalized spacial score (nSPS) is 18.6. The highest BCUT2D eigenvalue weighted by molar-refractivity contribution is 5.85. The van der Waals surface area contributed by atoms with Crippen LogP contribution in [0.4, 0.5) is 0 Å². The van der Waals surface area contributed by atoms with E-state index in [0.29, 0.717) is 18.2 Å². The second-order valence-electron chi connectivity index (χ2n) is 7.16. The minimum Gasteiger partial charge on any atom is -0.381 e. The van der Waals surface area contributed by atoms with Gasteiger partial charge in [0.1, 0.15) is 0 Å². The van der Waals surface area contributed by atoms with E-state index in [1.807, 2.05) is 4.90 Å². The van der Waals surface area contributed by atoms with Crippen molar-refractivity contribution < 1.29 is 9.53 Å². The fraction of sp³-hybridized carbons (Fsp3) is 0.650. The molecule has 6 heteroatoms. The minimum atomic E-state index is 0. The molecule has 1 amide bonds. The van der Waals surface area contributed by atoms with Crippen molar-refractivity contribution in [3.63, 3.8) is 0 Å². The Balaban J connectivity index is 0.00000243. The van der Waals surface area contributed by atoms with Gasteiger partial charge in [-0.2, -0.15) is 0 Å². The first-order chi connectivity index (χ1) is 12.3. The van der Waals surface area contributed by atoms with Crippen molar-refractivity contribution in [3.8, 4) is 0 Å². The fourth-order valence-electron chi connectivity index (χ4n) is 3.70. The molecule has 1 aromatic rings. The van der Waals surface area contributed by atoms with Gasteiger partial charge in [0.2, 0.25) is 5.91 Å². The molecule has 2 aliphatic rings. The van der Waals surface area contributed by atoms with Crippen LogP contribution in [0, 0.1) is 5.92 Å². The highest BCUT2D eigenvalue weighted by atomic mass is 35.5. The third-order valence-corrected chi connectivity index (χ3v) is 5.22. The predicted molar refractivity (Wildman–Crippen MR) is 107 cm³/mol. The monoisotopic (exact) mass is 381 g/mol. The number of carbonyl (C=O) groups is 1.